The Hall–Kier alpha value is -2.89. The summed E-state index contributed by atoms with van der Waals surface area (Å²) in [7, 11) is 0. The van der Waals surface area contributed by atoms with Crippen LogP contribution in [0, 0.1) is 6.92 Å². The van der Waals surface area contributed by atoms with E-state index in [9.17, 15) is 4.79 Å². The summed E-state index contributed by atoms with van der Waals surface area (Å²) in [5.41, 5.74) is 4.12. The molecule has 2 heterocycles. The number of hydrogen-bond donors (Lipinski definition) is 1. The van der Waals surface area contributed by atoms with E-state index in [4.69, 9.17) is 16.0 Å². The van der Waals surface area contributed by atoms with E-state index in [1.165, 1.54) is 35.8 Å². The topological polar surface area (TPSA) is 55.1 Å². The zero-order chi connectivity index (χ0) is 21.8. The van der Waals surface area contributed by atoms with Gasteiger partial charge in [-0.15, -0.1) is 0 Å². The molecule has 0 fully saturated rings. The average Bonchev–Trinajstić information content (AvgIpc) is 3.39. The van der Waals surface area contributed by atoms with Gasteiger partial charge in [-0.05, 0) is 67.3 Å². The molecule has 1 N–H and O–H groups in total. The zero-order valence-corrected chi connectivity index (χ0v) is 19.0. The predicted octanol–water partition coefficient (Wildman–Crippen LogP) is 7.51. The first-order chi connectivity index (χ1) is 15.0. The van der Waals surface area contributed by atoms with Crippen LogP contribution < -0.4 is 5.32 Å². The van der Waals surface area contributed by atoms with E-state index < -0.39 is 0 Å². The second-order valence-electron chi connectivity index (χ2n) is 7.41. The number of amides is 1. The van der Waals surface area contributed by atoms with Gasteiger partial charge in [-0.2, -0.15) is 0 Å². The van der Waals surface area contributed by atoms with E-state index in [0.29, 0.717) is 21.7 Å². The summed E-state index contributed by atoms with van der Waals surface area (Å²) in [4.78, 5) is 16.8. The Morgan fingerprint density at radius 3 is 2.87 bits per heavy atom. The number of anilines is 1. The predicted molar refractivity (Wildman–Crippen MR) is 130 cm³/mol. The molecule has 158 valence electrons. The maximum absolute atomic E-state index is 12.3. The maximum atomic E-state index is 12.3. The monoisotopic (exact) mass is 450 g/mol. The number of thiazole rings is 1. The highest BCUT2D eigenvalue weighted by atomic mass is 35.5. The Kier molecular flexibility index (Phi) is 6.54. The Bertz CT molecular complexity index is 1260. The van der Waals surface area contributed by atoms with Crippen LogP contribution in [0.2, 0.25) is 5.02 Å². The first-order valence-electron chi connectivity index (χ1n) is 10.3. The number of rotatable bonds is 7. The highest BCUT2D eigenvalue weighted by Gasteiger charge is 2.08. The van der Waals surface area contributed by atoms with Gasteiger partial charge in [0, 0.05) is 16.7 Å². The van der Waals surface area contributed by atoms with Crippen molar-refractivity contribution in [2.45, 2.75) is 33.1 Å². The summed E-state index contributed by atoms with van der Waals surface area (Å²) in [5.74, 6) is 1.04. The SMILES string of the molecule is CCCCc1ccc2nc(NC(=O)/C=C/c3ccc(-c4ccc(C)c(Cl)c4)o3)sc2c1. The number of carbonyl (C=O) groups excluding carboxylic acids is 1. The normalized spacial score (nSPS) is 11.5. The van der Waals surface area contributed by atoms with Crippen molar-refractivity contribution in [3.63, 3.8) is 0 Å². The van der Waals surface area contributed by atoms with Gasteiger partial charge in [-0.25, -0.2) is 4.98 Å². The van der Waals surface area contributed by atoms with Crippen molar-refractivity contribution in [1.82, 2.24) is 4.98 Å². The molecular formula is C25H23ClN2O2S. The summed E-state index contributed by atoms with van der Waals surface area (Å²) in [5, 5.41) is 4.12. The Morgan fingerprint density at radius 2 is 2.06 bits per heavy atom. The Morgan fingerprint density at radius 1 is 1.19 bits per heavy atom. The number of unbranched alkanes of at least 4 members (excludes halogenated alkanes) is 1. The van der Waals surface area contributed by atoms with E-state index in [1.807, 2.05) is 43.3 Å². The van der Waals surface area contributed by atoms with E-state index in [-0.39, 0.29) is 5.91 Å². The number of carbonyl (C=O) groups is 1. The van der Waals surface area contributed by atoms with E-state index >= 15 is 0 Å². The summed E-state index contributed by atoms with van der Waals surface area (Å²) >= 11 is 7.68. The van der Waals surface area contributed by atoms with Crippen LogP contribution in [-0.4, -0.2) is 10.9 Å². The van der Waals surface area contributed by atoms with Crippen LogP contribution >= 0.6 is 22.9 Å². The molecule has 0 saturated carbocycles. The number of aromatic nitrogens is 1. The van der Waals surface area contributed by atoms with Gasteiger partial charge in [0.1, 0.15) is 11.5 Å². The van der Waals surface area contributed by atoms with E-state index in [0.717, 1.165) is 27.8 Å². The minimum Gasteiger partial charge on any atom is -0.457 e. The lowest BCUT2D eigenvalue weighted by Crippen LogP contribution is -2.07. The fourth-order valence-electron chi connectivity index (χ4n) is 3.21. The standard InChI is InChI=1S/C25H23ClN2O2S/c1-3-4-5-17-7-11-21-23(14-17)31-25(27-21)28-24(29)13-10-19-9-12-22(30-19)18-8-6-16(2)20(26)15-18/h6-15H,3-5H2,1-2H3,(H,27,28,29)/b13-10+. The summed E-state index contributed by atoms with van der Waals surface area (Å²) in [6.45, 7) is 4.14. The van der Waals surface area contributed by atoms with Crippen LogP contribution in [0.25, 0.3) is 27.6 Å². The number of furan rings is 1. The molecule has 4 rings (SSSR count). The number of halogens is 1. The minimum atomic E-state index is -0.249. The molecule has 0 atom stereocenters. The number of hydrogen-bond acceptors (Lipinski definition) is 4. The second-order valence-corrected chi connectivity index (χ2v) is 8.85. The van der Waals surface area contributed by atoms with Crippen molar-refractivity contribution >= 4 is 50.3 Å². The van der Waals surface area contributed by atoms with Crippen molar-refractivity contribution in [2.75, 3.05) is 5.32 Å². The first kappa shape index (κ1) is 21.3. The molecule has 6 heteroatoms. The van der Waals surface area contributed by atoms with Crippen molar-refractivity contribution in [3.8, 4) is 11.3 Å². The second kappa shape index (κ2) is 9.50. The van der Waals surface area contributed by atoms with Crippen molar-refractivity contribution in [1.29, 1.82) is 0 Å². The van der Waals surface area contributed by atoms with Gasteiger partial charge in [0.25, 0.3) is 0 Å². The quantitative estimate of drug-likeness (QED) is 0.296. The molecule has 31 heavy (non-hydrogen) atoms. The van der Waals surface area contributed by atoms with Gasteiger partial charge in [-0.1, -0.05) is 54.5 Å². The molecule has 0 unspecified atom stereocenters. The molecule has 2 aromatic carbocycles. The van der Waals surface area contributed by atoms with Crippen molar-refractivity contribution in [2.24, 2.45) is 0 Å². The largest absolute Gasteiger partial charge is 0.457 e. The van der Waals surface area contributed by atoms with Crippen LogP contribution in [0.5, 0.6) is 0 Å². The zero-order valence-electron chi connectivity index (χ0n) is 17.4. The van der Waals surface area contributed by atoms with Crippen LogP contribution in [0.3, 0.4) is 0 Å². The molecule has 4 nitrogen and oxygen atoms in total. The Labute approximate surface area is 190 Å². The summed E-state index contributed by atoms with van der Waals surface area (Å²) < 4.78 is 6.90. The number of aryl methyl sites for hydroxylation is 2. The van der Waals surface area contributed by atoms with Crippen LogP contribution in [-0.2, 0) is 11.2 Å². The third-order valence-corrected chi connectivity index (χ3v) is 6.32. The summed E-state index contributed by atoms with van der Waals surface area (Å²) in [6.07, 6.45) is 6.50. The number of nitrogens with zero attached hydrogens (tertiary/aromatic N) is 1. The Balaban J connectivity index is 1.41. The van der Waals surface area contributed by atoms with Crippen molar-refractivity contribution < 1.29 is 9.21 Å². The molecular weight excluding hydrogens is 428 g/mol. The average molecular weight is 451 g/mol. The van der Waals surface area contributed by atoms with Gasteiger partial charge >= 0.3 is 0 Å². The van der Waals surface area contributed by atoms with Gasteiger partial charge in [0.15, 0.2) is 5.13 Å². The first-order valence-corrected chi connectivity index (χ1v) is 11.5. The fourth-order valence-corrected chi connectivity index (χ4v) is 4.32. The van der Waals surface area contributed by atoms with Gasteiger partial charge in [-0.3, -0.25) is 10.1 Å². The molecule has 0 radical (unpaired) electrons. The number of benzene rings is 2. The van der Waals surface area contributed by atoms with Gasteiger partial charge in [0.2, 0.25) is 5.91 Å². The third-order valence-electron chi connectivity index (χ3n) is 4.98. The summed E-state index contributed by atoms with van der Waals surface area (Å²) in [6, 6.07) is 15.8. The molecule has 4 aromatic rings. The third kappa shape index (κ3) is 5.24. The van der Waals surface area contributed by atoms with Crippen LogP contribution in [0.1, 0.15) is 36.7 Å². The van der Waals surface area contributed by atoms with Crippen LogP contribution in [0.15, 0.2) is 59.0 Å². The number of fused-ring (bicyclic) bond motifs is 1. The lowest BCUT2D eigenvalue weighted by molar-refractivity contribution is -0.111. The molecule has 2 aromatic heterocycles. The van der Waals surface area contributed by atoms with Gasteiger partial charge in [0.05, 0.1) is 10.2 Å². The highest BCUT2D eigenvalue weighted by molar-refractivity contribution is 7.22. The maximum Gasteiger partial charge on any atom is 0.250 e. The highest BCUT2D eigenvalue weighted by Crippen LogP contribution is 2.28. The fraction of sp³-hybridized carbons (Fsp3) is 0.200. The molecule has 0 aliphatic heterocycles. The van der Waals surface area contributed by atoms with E-state index in [2.05, 4.69) is 29.4 Å². The van der Waals surface area contributed by atoms with Crippen LogP contribution in [0.4, 0.5) is 5.13 Å². The van der Waals surface area contributed by atoms with Gasteiger partial charge < -0.3 is 4.42 Å². The molecule has 0 aliphatic carbocycles. The molecule has 0 saturated heterocycles. The molecule has 0 aliphatic rings. The minimum absolute atomic E-state index is 0.249. The van der Waals surface area contributed by atoms with Crippen molar-refractivity contribution in [3.05, 3.63) is 76.5 Å². The molecule has 0 spiro atoms. The lowest BCUT2D eigenvalue weighted by atomic mass is 10.1. The molecule has 0 bridgehead atoms. The molecule has 1 amide bonds. The van der Waals surface area contributed by atoms with E-state index in [1.54, 1.807) is 6.08 Å². The lowest BCUT2D eigenvalue weighted by Gasteiger charge is -2.00. The smallest absolute Gasteiger partial charge is 0.250 e. The number of nitrogens with one attached hydrogen (secondary N) is 1.